The zero-order chi connectivity index (χ0) is 29.4. The molecule has 0 aliphatic carbocycles. The molecule has 4 aromatic carbocycles. The molecule has 5 nitrogen and oxygen atoms in total. The lowest BCUT2D eigenvalue weighted by Gasteiger charge is -2.11. The Balaban J connectivity index is 1.20. The van der Waals surface area contributed by atoms with Crippen LogP contribution < -0.4 is 4.74 Å². The van der Waals surface area contributed by atoms with Crippen LogP contribution in [0.1, 0.15) is 71.1 Å². The third-order valence-electron chi connectivity index (χ3n) is 8.23. The summed E-state index contributed by atoms with van der Waals surface area (Å²) in [5.41, 5.74) is 3.87. The van der Waals surface area contributed by atoms with Crippen LogP contribution in [0.4, 0.5) is 0 Å². The highest BCUT2D eigenvalue weighted by Gasteiger charge is 2.15. The molecule has 2 heterocycles. The van der Waals surface area contributed by atoms with E-state index in [1.54, 1.807) is 12.1 Å². The van der Waals surface area contributed by atoms with E-state index in [0.29, 0.717) is 23.9 Å². The van der Waals surface area contributed by atoms with Gasteiger partial charge in [-0.15, -0.1) is 0 Å². The minimum absolute atomic E-state index is 0.139. The molecular formula is C38H40N2O3. The first-order valence-electron chi connectivity index (χ1n) is 15.9. The van der Waals surface area contributed by atoms with E-state index in [1.165, 1.54) is 56.8 Å². The molecule has 2 aromatic heterocycles. The van der Waals surface area contributed by atoms with E-state index < -0.39 is 0 Å². The Labute approximate surface area is 253 Å². The molecule has 0 aliphatic heterocycles. The smallest absolute Gasteiger partial charge is 0.217 e. The molecule has 0 amide bonds. The second-order valence-corrected chi connectivity index (χ2v) is 11.5. The van der Waals surface area contributed by atoms with Gasteiger partial charge in [0.1, 0.15) is 16.9 Å². The van der Waals surface area contributed by atoms with Crippen molar-refractivity contribution >= 4 is 32.7 Å². The van der Waals surface area contributed by atoms with Crippen LogP contribution in [0.3, 0.4) is 0 Å². The number of ether oxygens (including phenoxy) is 1. The summed E-state index contributed by atoms with van der Waals surface area (Å²) in [6.07, 6.45) is 12.8. The standard InChI is InChI=1S/C38H40N2O3/c1-2-3-4-5-6-7-8-9-10-15-22-42-37-26-33(39-38(40-37)31-18-13-14-19-34(31)41)29-20-21-30-32-23-27-16-11-12-17-28(27)24-36(32)43-35(30)25-29/h11-14,16-21,23-26,41H,2-10,15,22H2,1H3. The lowest BCUT2D eigenvalue weighted by Crippen LogP contribution is -2.02. The zero-order valence-corrected chi connectivity index (χ0v) is 25.0. The van der Waals surface area contributed by atoms with Crippen molar-refractivity contribution in [3.63, 3.8) is 0 Å². The number of furan rings is 1. The summed E-state index contributed by atoms with van der Waals surface area (Å²) in [4.78, 5) is 9.54. The van der Waals surface area contributed by atoms with E-state index in [2.05, 4.69) is 54.4 Å². The molecule has 0 aliphatic rings. The molecule has 0 spiro atoms. The second-order valence-electron chi connectivity index (χ2n) is 11.5. The van der Waals surface area contributed by atoms with Gasteiger partial charge in [-0.3, -0.25) is 0 Å². The number of nitrogens with zero attached hydrogens (tertiary/aromatic N) is 2. The molecule has 0 saturated carbocycles. The van der Waals surface area contributed by atoms with Crippen molar-refractivity contribution in [1.29, 1.82) is 0 Å². The maximum Gasteiger partial charge on any atom is 0.217 e. The number of aromatic hydroxyl groups is 1. The average Bonchev–Trinajstić information content (AvgIpc) is 3.39. The Kier molecular flexibility index (Phi) is 9.17. The molecule has 0 fully saturated rings. The monoisotopic (exact) mass is 572 g/mol. The number of para-hydroxylation sites is 1. The highest BCUT2D eigenvalue weighted by molar-refractivity contribution is 6.10. The fourth-order valence-electron chi connectivity index (χ4n) is 5.82. The van der Waals surface area contributed by atoms with Crippen LogP contribution >= 0.6 is 0 Å². The summed E-state index contributed by atoms with van der Waals surface area (Å²) in [5, 5.41) is 15.1. The number of fused-ring (bicyclic) bond motifs is 4. The van der Waals surface area contributed by atoms with Gasteiger partial charge in [-0.1, -0.05) is 107 Å². The Bertz CT molecular complexity index is 1820. The second kappa shape index (κ2) is 13.7. The van der Waals surface area contributed by atoms with Crippen LogP contribution in [0.25, 0.3) is 55.4 Å². The molecule has 0 unspecified atom stereocenters. The van der Waals surface area contributed by atoms with Gasteiger partial charge in [0.15, 0.2) is 5.82 Å². The van der Waals surface area contributed by atoms with Crippen molar-refractivity contribution in [2.45, 2.75) is 71.1 Å². The molecule has 0 atom stereocenters. The maximum atomic E-state index is 10.6. The fraction of sp³-hybridized carbons (Fsp3) is 0.316. The minimum Gasteiger partial charge on any atom is -0.507 e. The van der Waals surface area contributed by atoms with E-state index in [9.17, 15) is 5.11 Å². The zero-order valence-electron chi connectivity index (χ0n) is 25.0. The van der Waals surface area contributed by atoms with Gasteiger partial charge in [-0.2, -0.15) is 4.98 Å². The van der Waals surface area contributed by atoms with Gasteiger partial charge in [0.05, 0.1) is 17.9 Å². The Morgan fingerprint density at radius 1 is 0.651 bits per heavy atom. The van der Waals surface area contributed by atoms with Crippen molar-refractivity contribution in [2.24, 2.45) is 0 Å². The molecule has 6 aromatic rings. The number of aromatic nitrogens is 2. The normalized spacial score (nSPS) is 11.6. The lowest BCUT2D eigenvalue weighted by molar-refractivity contribution is 0.293. The summed E-state index contributed by atoms with van der Waals surface area (Å²) in [6.45, 7) is 2.86. The first-order chi connectivity index (χ1) is 21.2. The SMILES string of the molecule is CCCCCCCCCCCCOc1cc(-c2ccc3c(c2)oc2cc4ccccc4cc23)nc(-c2ccccc2O)n1. The molecule has 6 rings (SSSR count). The van der Waals surface area contributed by atoms with Crippen molar-refractivity contribution in [3.8, 4) is 34.3 Å². The van der Waals surface area contributed by atoms with Crippen molar-refractivity contribution < 1.29 is 14.3 Å². The first-order valence-corrected chi connectivity index (χ1v) is 15.9. The number of hydrogen-bond donors (Lipinski definition) is 1. The topological polar surface area (TPSA) is 68.4 Å². The van der Waals surface area contributed by atoms with E-state index in [0.717, 1.165) is 51.4 Å². The molecule has 0 radical (unpaired) electrons. The Morgan fingerprint density at radius 3 is 2.09 bits per heavy atom. The van der Waals surface area contributed by atoms with Crippen LogP contribution in [0.5, 0.6) is 11.6 Å². The predicted octanol–water partition coefficient (Wildman–Crippen LogP) is 10.9. The molecular weight excluding hydrogens is 532 g/mol. The molecule has 220 valence electrons. The number of phenols is 1. The molecule has 5 heteroatoms. The minimum atomic E-state index is 0.139. The van der Waals surface area contributed by atoms with Gasteiger partial charge < -0.3 is 14.3 Å². The maximum absolute atomic E-state index is 10.6. The van der Waals surface area contributed by atoms with Gasteiger partial charge in [0, 0.05) is 22.4 Å². The number of benzene rings is 4. The number of phenolic OH excluding ortho intramolecular Hbond substituents is 1. The van der Waals surface area contributed by atoms with Crippen LogP contribution in [0.2, 0.25) is 0 Å². The van der Waals surface area contributed by atoms with E-state index >= 15 is 0 Å². The summed E-state index contributed by atoms with van der Waals surface area (Å²) in [5.74, 6) is 1.08. The molecule has 43 heavy (non-hydrogen) atoms. The third kappa shape index (κ3) is 6.83. The van der Waals surface area contributed by atoms with Crippen LogP contribution in [-0.4, -0.2) is 21.7 Å². The quantitative estimate of drug-likeness (QED) is 0.131. The summed E-state index contributed by atoms with van der Waals surface area (Å²) in [6, 6.07) is 27.9. The number of rotatable bonds is 14. The number of unbranched alkanes of at least 4 members (excludes halogenated alkanes) is 9. The van der Waals surface area contributed by atoms with Crippen molar-refractivity contribution in [1.82, 2.24) is 9.97 Å². The van der Waals surface area contributed by atoms with Crippen molar-refractivity contribution in [2.75, 3.05) is 6.61 Å². The lowest BCUT2D eigenvalue weighted by atomic mass is 10.0. The van der Waals surface area contributed by atoms with Crippen LogP contribution in [0, 0.1) is 0 Å². The summed E-state index contributed by atoms with van der Waals surface area (Å²) < 4.78 is 12.5. The van der Waals surface area contributed by atoms with Crippen LogP contribution in [-0.2, 0) is 0 Å². The van der Waals surface area contributed by atoms with E-state index in [1.807, 2.05) is 30.3 Å². The van der Waals surface area contributed by atoms with Gasteiger partial charge in [0.25, 0.3) is 0 Å². The highest BCUT2D eigenvalue weighted by atomic mass is 16.5. The van der Waals surface area contributed by atoms with Crippen molar-refractivity contribution in [3.05, 3.63) is 84.9 Å². The highest BCUT2D eigenvalue weighted by Crippen LogP contribution is 2.36. The Morgan fingerprint density at radius 2 is 1.33 bits per heavy atom. The van der Waals surface area contributed by atoms with E-state index in [-0.39, 0.29) is 5.75 Å². The largest absolute Gasteiger partial charge is 0.507 e. The predicted molar refractivity (Wildman–Crippen MR) is 177 cm³/mol. The first kappa shape index (κ1) is 28.7. The summed E-state index contributed by atoms with van der Waals surface area (Å²) >= 11 is 0. The summed E-state index contributed by atoms with van der Waals surface area (Å²) in [7, 11) is 0. The fourth-order valence-corrected chi connectivity index (χ4v) is 5.82. The van der Waals surface area contributed by atoms with E-state index in [4.69, 9.17) is 14.1 Å². The molecule has 1 N–H and O–H groups in total. The van der Waals surface area contributed by atoms with Gasteiger partial charge in [-0.05, 0) is 53.6 Å². The van der Waals surface area contributed by atoms with Gasteiger partial charge in [-0.25, -0.2) is 4.98 Å². The Hall–Kier alpha value is -4.38. The molecule has 0 bridgehead atoms. The van der Waals surface area contributed by atoms with Gasteiger partial charge >= 0.3 is 0 Å². The van der Waals surface area contributed by atoms with Gasteiger partial charge in [0.2, 0.25) is 5.88 Å². The molecule has 0 saturated heterocycles. The average molecular weight is 573 g/mol. The number of hydrogen-bond acceptors (Lipinski definition) is 5. The van der Waals surface area contributed by atoms with Crippen LogP contribution in [0.15, 0.2) is 89.3 Å². The third-order valence-corrected chi connectivity index (χ3v) is 8.23.